The SMILES string of the molecule is COCc1ccccc1CNCCn1ccnc1C. The number of aryl methyl sites for hydroxylation is 1. The standard InChI is InChI=1S/C15H21N3O/c1-13-17-8-10-18(13)9-7-16-11-14-5-3-4-6-15(14)12-19-2/h3-6,8,10,16H,7,9,11-12H2,1-2H3. The Balaban J connectivity index is 1.81. The highest BCUT2D eigenvalue weighted by molar-refractivity contribution is 5.26. The molecule has 0 atom stereocenters. The molecule has 0 fully saturated rings. The molecule has 102 valence electrons. The minimum atomic E-state index is 0.665. The summed E-state index contributed by atoms with van der Waals surface area (Å²) >= 11 is 0. The lowest BCUT2D eigenvalue weighted by molar-refractivity contribution is 0.184. The lowest BCUT2D eigenvalue weighted by Gasteiger charge is -2.10. The highest BCUT2D eigenvalue weighted by Gasteiger charge is 2.01. The molecule has 0 bridgehead atoms. The van der Waals surface area contributed by atoms with Crippen LogP contribution in [-0.4, -0.2) is 23.2 Å². The summed E-state index contributed by atoms with van der Waals surface area (Å²) in [4.78, 5) is 4.21. The zero-order valence-corrected chi connectivity index (χ0v) is 11.6. The van der Waals surface area contributed by atoms with Crippen LogP contribution in [0.4, 0.5) is 0 Å². The zero-order valence-electron chi connectivity index (χ0n) is 11.6. The summed E-state index contributed by atoms with van der Waals surface area (Å²) in [6, 6.07) is 8.37. The van der Waals surface area contributed by atoms with E-state index in [4.69, 9.17) is 4.74 Å². The summed E-state index contributed by atoms with van der Waals surface area (Å²) in [5.41, 5.74) is 2.54. The Morgan fingerprint density at radius 1 is 1.26 bits per heavy atom. The minimum absolute atomic E-state index is 0.665. The van der Waals surface area contributed by atoms with Gasteiger partial charge < -0.3 is 14.6 Å². The largest absolute Gasteiger partial charge is 0.380 e. The third-order valence-electron chi connectivity index (χ3n) is 3.19. The fraction of sp³-hybridized carbons (Fsp3) is 0.400. The van der Waals surface area contributed by atoms with E-state index in [1.165, 1.54) is 11.1 Å². The van der Waals surface area contributed by atoms with Gasteiger partial charge in [0.2, 0.25) is 0 Å². The molecule has 0 saturated carbocycles. The molecule has 2 rings (SSSR count). The molecule has 0 aliphatic rings. The number of ether oxygens (including phenoxy) is 1. The average Bonchev–Trinajstić information content (AvgIpc) is 2.82. The number of nitrogens with one attached hydrogen (secondary N) is 1. The lowest BCUT2D eigenvalue weighted by atomic mass is 10.1. The van der Waals surface area contributed by atoms with Crippen molar-refractivity contribution in [2.45, 2.75) is 26.6 Å². The van der Waals surface area contributed by atoms with E-state index in [0.717, 1.165) is 25.5 Å². The Labute approximate surface area is 114 Å². The second-order valence-corrected chi connectivity index (χ2v) is 4.55. The van der Waals surface area contributed by atoms with Crippen LogP contribution in [0, 0.1) is 6.92 Å². The van der Waals surface area contributed by atoms with Crippen LogP contribution in [0.2, 0.25) is 0 Å². The molecule has 1 aromatic carbocycles. The van der Waals surface area contributed by atoms with E-state index >= 15 is 0 Å². The number of imidazole rings is 1. The summed E-state index contributed by atoms with van der Waals surface area (Å²) in [6.07, 6.45) is 3.85. The quantitative estimate of drug-likeness (QED) is 0.774. The van der Waals surface area contributed by atoms with Crippen LogP contribution in [0.1, 0.15) is 17.0 Å². The van der Waals surface area contributed by atoms with Gasteiger partial charge in [-0.3, -0.25) is 0 Å². The molecule has 19 heavy (non-hydrogen) atoms. The smallest absolute Gasteiger partial charge is 0.105 e. The van der Waals surface area contributed by atoms with Crippen LogP contribution in [-0.2, 0) is 24.4 Å². The van der Waals surface area contributed by atoms with Crippen molar-refractivity contribution >= 4 is 0 Å². The number of aromatic nitrogens is 2. The number of rotatable bonds is 7. The zero-order chi connectivity index (χ0) is 13.5. The van der Waals surface area contributed by atoms with Crippen LogP contribution < -0.4 is 5.32 Å². The first-order chi connectivity index (χ1) is 9.31. The van der Waals surface area contributed by atoms with Crippen LogP contribution in [0.3, 0.4) is 0 Å². The Bertz CT molecular complexity index is 508. The lowest BCUT2D eigenvalue weighted by Crippen LogP contribution is -2.20. The number of nitrogens with zero attached hydrogens (tertiary/aromatic N) is 2. The first-order valence-electron chi connectivity index (χ1n) is 6.55. The Morgan fingerprint density at radius 3 is 2.74 bits per heavy atom. The normalized spacial score (nSPS) is 10.8. The van der Waals surface area contributed by atoms with E-state index in [-0.39, 0.29) is 0 Å². The van der Waals surface area contributed by atoms with Gasteiger partial charge in [-0.25, -0.2) is 4.98 Å². The van der Waals surface area contributed by atoms with E-state index in [1.807, 2.05) is 25.4 Å². The minimum Gasteiger partial charge on any atom is -0.380 e. The number of hydrogen-bond acceptors (Lipinski definition) is 3. The van der Waals surface area contributed by atoms with Gasteiger partial charge in [-0.15, -0.1) is 0 Å². The van der Waals surface area contributed by atoms with E-state index in [9.17, 15) is 0 Å². The van der Waals surface area contributed by atoms with Crippen molar-refractivity contribution in [1.29, 1.82) is 0 Å². The summed E-state index contributed by atoms with van der Waals surface area (Å²) in [5, 5.41) is 3.46. The number of benzene rings is 1. The highest BCUT2D eigenvalue weighted by Crippen LogP contribution is 2.09. The van der Waals surface area contributed by atoms with E-state index in [0.29, 0.717) is 6.61 Å². The molecular formula is C15H21N3O. The third kappa shape index (κ3) is 3.91. The van der Waals surface area contributed by atoms with Crippen molar-refractivity contribution in [1.82, 2.24) is 14.9 Å². The first kappa shape index (κ1) is 13.8. The predicted molar refractivity (Wildman–Crippen MR) is 75.8 cm³/mol. The molecular weight excluding hydrogens is 238 g/mol. The van der Waals surface area contributed by atoms with Crippen molar-refractivity contribution < 1.29 is 4.74 Å². The van der Waals surface area contributed by atoms with Crippen molar-refractivity contribution in [2.75, 3.05) is 13.7 Å². The van der Waals surface area contributed by atoms with Crippen LogP contribution in [0.15, 0.2) is 36.7 Å². The van der Waals surface area contributed by atoms with Gasteiger partial charge >= 0.3 is 0 Å². The maximum atomic E-state index is 5.21. The van der Waals surface area contributed by atoms with Crippen LogP contribution in [0.25, 0.3) is 0 Å². The third-order valence-corrected chi connectivity index (χ3v) is 3.19. The molecule has 0 aliphatic heterocycles. The number of methoxy groups -OCH3 is 1. The van der Waals surface area contributed by atoms with Gasteiger partial charge in [0, 0.05) is 39.1 Å². The first-order valence-corrected chi connectivity index (χ1v) is 6.55. The van der Waals surface area contributed by atoms with E-state index in [2.05, 4.69) is 33.1 Å². The van der Waals surface area contributed by atoms with Gasteiger partial charge in [0.15, 0.2) is 0 Å². The molecule has 0 unspecified atom stereocenters. The van der Waals surface area contributed by atoms with Gasteiger partial charge in [0.05, 0.1) is 6.61 Å². The molecule has 4 nitrogen and oxygen atoms in total. The molecule has 0 aliphatic carbocycles. The Kier molecular flexibility index (Phi) is 5.12. The van der Waals surface area contributed by atoms with Crippen LogP contribution in [0.5, 0.6) is 0 Å². The Hall–Kier alpha value is -1.65. The van der Waals surface area contributed by atoms with E-state index < -0.39 is 0 Å². The van der Waals surface area contributed by atoms with Gasteiger partial charge in [0.1, 0.15) is 5.82 Å². The molecule has 4 heteroatoms. The van der Waals surface area contributed by atoms with Crippen molar-refractivity contribution in [2.24, 2.45) is 0 Å². The fourth-order valence-electron chi connectivity index (χ4n) is 2.09. The van der Waals surface area contributed by atoms with Crippen molar-refractivity contribution in [3.63, 3.8) is 0 Å². The van der Waals surface area contributed by atoms with Gasteiger partial charge in [-0.2, -0.15) is 0 Å². The van der Waals surface area contributed by atoms with Crippen LogP contribution >= 0.6 is 0 Å². The molecule has 0 radical (unpaired) electrons. The summed E-state index contributed by atoms with van der Waals surface area (Å²) in [6.45, 7) is 5.43. The topological polar surface area (TPSA) is 39.1 Å². The molecule has 0 spiro atoms. The molecule has 0 amide bonds. The monoisotopic (exact) mass is 259 g/mol. The summed E-state index contributed by atoms with van der Waals surface area (Å²) in [7, 11) is 1.73. The maximum absolute atomic E-state index is 5.21. The molecule has 1 N–H and O–H groups in total. The predicted octanol–water partition coefficient (Wildman–Crippen LogP) is 2.13. The second-order valence-electron chi connectivity index (χ2n) is 4.55. The molecule has 2 aromatic rings. The molecule has 0 saturated heterocycles. The maximum Gasteiger partial charge on any atom is 0.105 e. The van der Waals surface area contributed by atoms with E-state index in [1.54, 1.807) is 7.11 Å². The Morgan fingerprint density at radius 2 is 2.05 bits per heavy atom. The second kappa shape index (κ2) is 7.07. The summed E-state index contributed by atoms with van der Waals surface area (Å²) < 4.78 is 7.36. The van der Waals surface area contributed by atoms with Gasteiger partial charge in [-0.1, -0.05) is 24.3 Å². The summed E-state index contributed by atoms with van der Waals surface area (Å²) in [5.74, 6) is 1.06. The van der Waals surface area contributed by atoms with Gasteiger partial charge in [-0.05, 0) is 18.1 Å². The van der Waals surface area contributed by atoms with Gasteiger partial charge in [0.25, 0.3) is 0 Å². The van der Waals surface area contributed by atoms with Crippen molar-refractivity contribution in [3.8, 4) is 0 Å². The highest BCUT2D eigenvalue weighted by atomic mass is 16.5. The molecule has 1 aromatic heterocycles. The average molecular weight is 259 g/mol. The molecule has 1 heterocycles. The number of hydrogen-bond donors (Lipinski definition) is 1. The van der Waals surface area contributed by atoms with Crippen molar-refractivity contribution in [3.05, 3.63) is 53.6 Å². The fourth-order valence-corrected chi connectivity index (χ4v) is 2.09.